The summed E-state index contributed by atoms with van der Waals surface area (Å²) in [4.78, 5) is 2.48. The van der Waals surface area contributed by atoms with Gasteiger partial charge in [-0.3, -0.25) is 4.90 Å². The minimum absolute atomic E-state index is 0.369. The Morgan fingerprint density at radius 2 is 2.32 bits per heavy atom. The number of nitrogens with one attached hydrogen (secondary N) is 1. The van der Waals surface area contributed by atoms with Gasteiger partial charge in [0.2, 0.25) is 0 Å². The van der Waals surface area contributed by atoms with Crippen LogP contribution in [-0.4, -0.2) is 37.2 Å². The normalized spacial score (nSPS) is 23.9. The van der Waals surface area contributed by atoms with Crippen LogP contribution >= 0.6 is 0 Å². The molecule has 1 unspecified atom stereocenters. The summed E-state index contributed by atoms with van der Waals surface area (Å²) in [6.07, 6.45) is 3.94. The summed E-state index contributed by atoms with van der Waals surface area (Å²) >= 11 is 0. The zero-order valence-electron chi connectivity index (χ0n) is 11.8. The number of hydrogen-bond acceptors (Lipinski definition) is 3. The van der Waals surface area contributed by atoms with Crippen LogP contribution in [0.25, 0.3) is 0 Å². The minimum atomic E-state index is 0.369. The van der Waals surface area contributed by atoms with Crippen molar-refractivity contribution in [1.29, 1.82) is 0 Å². The molecule has 19 heavy (non-hydrogen) atoms. The third kappa shape index (κ3) is 3.10. The van der Waals surface area contributed by atoms with E-state index >= 15 is 0 Å². The Balaban J connectivity index is 1.66. The molecule has 0 spiro atoms. The second-order valence-corrected chi connectivity index (χ2v) is 5.63. The van der Waals surface area contributed by atoms with Crippen molar-refractivity contribution in [3.05, 3.63) is 29.3 Å². The summed E-state index contributed by atoms with van der Waals surface area (Å²) in [5.41, 5.74) is 2.89. The molecular formula is C16H24N2O. The molecule has 1 atom stereocenters. The average molecular weight is 260 g/mol. The summed E-state index contributed by atoms with van der Waals surface area (Å²) < 4.78 is 6.19. The number of rotatable bonds is 3. The molecule has 0 aliphatic carbocycles. The van der Waals surface area contributed by atoms with Crippen molar-refractivity contribution >= 4 is 0 Å². The first-order chi connectivity index (χ1) is 9.35. The first kappa shape index (κ1) is 12.9. The molecule has 0 bridgehead atoms. The van der Waals surface area contributed by atoms with Crippen LogP contribution in [0, 0.1) is 0 Å². The molecule has 2 aliphatic heterocycles. The smallest absolute Gasteiger partial charge is 0.120 e. The predicted molar refractivity (Wildman–Crippen MR) is 77.6 cm³/mol. The molecule has 104 valence electrons. The Hall–Kier alpha value is -1.06. The van der Waals surface area contributed by atoms with Crippen LogP contribution in [0.1, 0.15) is 30.9 Å². The molecule has 0 saturated carbocycles. The molecule has 1 aromatic rings. The molecule has 0 radical (unpaired) electrons. The van der Waals surface area contributed by atoms with Gasteiger partial charge in [0, 0.05) is 13.1 Å². The molecule has 3 nitrogen and oxygen atoms in total. The van der Waals surface area contributed by atoms with Crippen molar-refractivity contribution in [3.8, 4) is 5.75 Å². The van der Waals surface area contributed by atoms with Gasteiger partial charge in [-0.05, 0) is 62.2 Å². The lowest BCUT2D eigenvalue weighted by Gasteiger charge is -2.32. The maximum Gasteiger partial charge on any atom is 0.120 e. The van der Waals surface area contributed by atoms with Crippen LogP contribution in [0.4, 0.5) is 0 Å². The molecule has 1 fully saturated rings. The third-order valence-corrected chi connectivity index (χ3v) is 4.28. The van der Waals surface area contributed by atoms with Gasteiger partial charge in [0.05, 0.1) is 0 Å². The molecular weight excluding hydrogens is 236 g/mol. The maximum atomic E-state index is 6.19. The highest BCUT2D eigenvalue weighted by molar-refractivity contribution is 5.37. The number of likely N-dealkylation sites (N-methyl/N-ethyl adjacent to an activating group) is 1. The van der Waals surface area contributed by atoms with E-state index in [0.717, 1.165) is 38.3 Å². The number of fused-ring (bicyclic) bond motifs is 1. The van der Waals surface area contributed by atoms with Gasteiger partial charge >= 0.3 is 0 Å². The number of hydrogen-bond donors (Lipinski definition) is 1. The first-order valence-electron chi connectivity index (χ1n) is 7.56. The van der Waals surface area contributed by atoms with Gasteiger partial charge in [0.15, 0.2) is 0 Å². The van der Waals surface area contributed by atoms with Gasteiger partial charge in [-0.1, -0.05) is 13.0 Å². The van der Waals surface area contributed by atoms with Crippen molar-refractivity contribution in [2.45, 2.75) is 38.8 Å². The number of piperidine rings is 1. The van der Waals surface area contributed by atoms with Crippen molar-refractivity contribution in [1.82, 2.24) is 10.2 Å². The van der Waals surface area contributed by atoms with Crippen LogP contribution in [0.5, 0.6) is 5.75 Å². The highest BCUT2D eigenvalue weighted by Gasteiger charge is 2.20. The molecule has 1 N–H and O–H groups in total. The molecule has 0 aromatic heterocycles. The molecule has 2 aliphatic rings. The van der Waals surface area contributed by atoms with E-state index in [-0.39, 0.29) is 0 Å². The molecule has 0 amide bonds. The third-order valence-electron chi connectivity index (χ3n) is 4.28. The van der Waals surface area contributed by atoms with Crippen LogP contribution < -0.4 is 10.1 Å². The van der Waals surface area contributed by atoms with E-state index in [1.54, 1.807) is 0 Å². The van der Waals surface area contributed by atoms with E-state index in [9.17, 15) is 0 Å². The number of ether oxygens (including phenoxy) is 1. The maximum absolute atomic E-state index is 6.19. The lowest BCUT2D eigenvalue weighted by molar-refractivity contribution is 0.0919. The van der Waals surface area contributed by atoms with Crippen LogP contribution in [0.2, 0.25) is 0 Å². The molecule has 1 aromatic carbocycles. The average Bonchev–Trinajstić information content (AvgIpc) is 2.47. The lowest BCUT2D eigenvalue weighted by atomic mass is 10.0. The monoisotopic (exact) mass is 260 g/mol. The van der Waals surface area contributed by atoms with E-state index in [1.165, 1.54) is 30.5 Å². The van der Waals surface area contributed by atoms with Crippen molar-refractivity contribution in [2.24, 2.45) is 0 Å². The fraction of sp³-hybridized carbons (Fsp3) is 0.625. The Bertz CT molecular complexity index is 433. The van der Waals surface area contributed by atoms with Gasteiger partial charge in [-0.2, -0.15) is 0 Å². The van der Waals surface area contributed by atoms with E-state index in [1.807, 2.05) is 0 Å². The molecule has 3 rings (SSSR count). The van der Waals surface area contributed by atoms with Gasteiger partial charge in [-0.15, -0.1) is 0 Å². The number of likely N-dealkylation sites (tertiary alicyclic amines) is 1. The summed E-state index contributed by atoms with van der Waals surface area (Å²) in [5.74, 6) is 1.06. The Kier molecular flexibility index (Phi) is 4.04. The van der Waals surface area contributed by atoms with Crippen molar-refractivity contribution in [2.75, 3.05) is 26.2 Å². The Labute approximate surface area is 115 Å². The van der Waals surface area contributed by atoms with Crippen molar-refractivity contribution < 1.29 is 4.74 Å². The summed E-state index contributed by atoms with van der Waals surface area (Å²) in [6, 6.07) is 6.61. The topological polar surface area (TPSA) is 24.5 Å². The van der Waals surface area contributed by atoms with E-state index in [4.69, 9.17) is 4.74 Å². The number of nitrogens with zero attached hydrogens (tertiary/aromatic N) is 1. The minimum Gasteiger partial charge on any atom is -0.489 e. The lowest BCUT2D eigenvalue weighted by Crippen LogP contribution is -2.40. The summed E-state index contributed by atoms with van der Waals surface area (Å²) in [6.45, 7) is 7.76. The molecule has 1 saturated heterocycles. The zero-order chi connectivity index (χ0) is 13.1. The Morgan fingerprint density at radius 3 is 3.21 bits per heavy atom. The summed E-state index contributed by atoms with van der Waals surface area (Å²) in [5, 5.41) is 3.41. The van der Waals surface area contributed by atoms with E-state index in [2.05, 4.69) is 35.3 Å². The SMILES string of the molecule is CCN1CCCC(Oc2ccc3c(c2)CCNC3)C1. The van der Waals surface area contributed by atoms with Gasteiger partial charge < -0.3 is 10.1 Å². The van der Waals surface area contributed by atoms with Crippen molar-refractivity contribution in [3.63, 3.8) is 0 Å². The second kappa shape index (κ2) is 5.93. The largest absolute Gasteiger partial charge is 0.489 e. The van der Waals surface area contributed by atoms with Crippen LogP contribution in [-0.2, 0) is 13.0 Å². The fourth-order valence-electron chi connectivity index (χ4n) is 3.12. The quantitative estimate of drug-likeness (QED) is 0.901. The predicted octanol–water partition coefficient (Wildman–Crippen LogP) is 2.20. The Morgan fingerprint density at radius 1 is 1.37 bits per heavy atom. The zero-order valence-corrected chi connectivity index (χ0v) is 11.8. The van der Waals surface area contributed by atoms with Crippen LogP contribution in [0.15, 0.2) is 18.2 Å². The van der Waals surface area contributed by atoms with Gasteiger partial charge in [-0.25, -0.2) is 0 Å². The standard InChI is InChI=1S/C16H24N2O/c1-2-18-9-3-4-16(12-18)19-15-6-5-14-11-17-8-7-13(14)10-15/h5-6,10,16-17H,2-4,7-9,11-12H2,1H3. The fourth-order valence-corrected chi connectivity index (χ4v) is 3.12. The summed E-state index contributed by atoms with van der Waals surface area (Å²) in [7, 11) is 0. The first-order valence-corrected chi connectivity index (χ1v) is 7.56. The number of benzene rings is 1. The molecule has 2 heterocycles. The highest BCUT2D eigenvalue weighted by atomic mass is 16.5. The molecule has 3 heteroatoms. The van der Waals surface area contributed by atoms with E-state index in [0.29, 0.717) is 6.10 Å². The van der Waals surface area contributed by atoms with Gasteiger partial charge in [0.1, 0.15) is 11.9 Å². The van der Waals surface area contributed by atoms with E-state index < -0.39 is 0 Å². The highest BCUT2D eigenvalue weighted by Crippen LogP contribution is 2.23. The van der Waals surface area contributed by atoms with Crippen LogP contribution in [0.3, 0.4) is 0 Å². The van der Waals surface area contributed by atoms with Gasteiger partial charge in [0.25, 0.3) is 0 Å². The second-order valence-electron chi connectivity index (χ2n) is 5.63.